The van der Waals surface area contributed by atoms with Gasteiger partial charge in [-0.25, -0.2) is 9.78 Å². The molecular formula is C16H28N4O2. The number of amides is 1. The number of imidazole rings is 1. The van der Waals surface area contributed by atoms with Crippen LogP contribution in [0.3, 0.4) is 0 Å². The molecule has 1 saturated carbocycles. The van der Waals surface area contributed by atoms with Gasteiger partial charge in [0.1, 0.15) is 11.4 Å². The van der Waals surface area contributed by atoms with Gasteiger partial charge < -0.3 is 19.9 Å². The second-order valence-electron chi connectivity index (χ2n) is 7.11. The molecule has 1 aliphatic carbocycles. The summed E-state index contributed by atoms with van der Waals surface area (Å²) >= 11 is 0. The van der Waals surface area contributed by atoms with Crippen molar-refractivity contribution < 1.29 is 9.53 Å². The largest absolute Gasteiger partial charge is 0.444 e. The maximum absolute atomic E-state index is 11.8. The number of nitrogens with one attached hydrogen (secondary N) is 2. The molecule has 0 aliphatic heterocycles. The predicted molar refractivity (Wildman–Crippen MR) is 85.5 cm³/mol. The van der Waals surface area contributed by atoms with Crippen LogP contribution in [0.5, 0.6) is 0 Å². The Bertz CT molecular complexity index is 502. The third kappa shape index (κ3) is 5.02. The van der Waals surface area contributed by atoms with Gasteiger partial charge in [-0.3, -0.25) is 0 Å². The molecule has 2 N–H and O–H groups in total. The second-order valence-corrected chi connectivity index (χ2v) is 7.11. The van der Waals surface area contributed by atoms with E-state index in [-0.39, 0.29) is 18.2 Å². The Morgan fingerprint density at radius 1 is 1.50 bits per heavy atom. The van der Waals surface area contributed by atoms with Crippen molar-refractivity contribution in [2.24, 2.45) is 13.0 Å². The van der Waals surface area contributed by atoms with Gasteiger partial charge in [0, 0.05) is 32.0 Å². The molecule has 1 heterocycles. The zero-order valence-corrected chi connectivity index (χ0v) is 14.2. The van der Waals surface area contributed by atoms with E-state index in [1.54, 1.807) is 6.20 Å². The Morgan fingerprint density at radius 3 is 2.68 bits per heavy atom. The number of aromatic nitrogens is 2. The molecule has 0 radical (unpaired) electrons. The summed E-state index contributed by atoms with van der Waals surface area (Å²) in [6.07, 6.45) is 5.81. The molecule has 0 aromatic carbocycles. The van der Waals surface area contributed by atoms with Crippen molar-refractivity contribution in [3.05, 3.63) is 18.2 Å². The fourth-order valence-electron chi connectivity index (χ4n) is 2.56. The number of hydrogen-bond acceptors (Lipinski definition) is 4. The first-order valence-corrected chi connectivity index (χ1v) is 7.96. The first-order chi connectivity index (χ1) is 10.3. The van der Waals surface area contributed by atoms with E-state index in [9.17, 15) is 4.79 Å². The monoisotopic (exact) mass is 308 g/mol. The Kier molecular flexibility index (Phi) is 5.11. The summed E-state index contributed by atoms with van der Waals surface area (Å²) in [6.45, 7) is 8.28. The molecule has 1 fully saturated rings. The van der Waals surface area contributed by atoms with Gasteiger partial charge in [-0.05, 0) is 46.5 Å². The molecule has 2 rings (SSSR count). The van der Waals surface area contributed by atoms with Crippen LogP contribution in [0.25, 0.3) is 0 Å². The number of ether oxygens (including phenoxy) is 1. The summed E-state index contributed by atoms with van der Waals surface area (Å²) in [5.74, 6) is 1.63. The van der Waals surface area contributed by atoms with E-state index >= 15 is 0 Å². The summed E-state index contributed by atoms with van der Waals surface area (Å²) in [4.78, 5) is 16.2. The van der Waals surface area contributed by atoms with Gasteiger partial charge in [0.25, 0.3) is 0 Å². The molecule has 6 nitrogen and oxygen atoms in total. The van der Waals surface area contributed by atoms with Gasteiger partial charge in [0.2, 0.25) is 0 Å². The molecule has 2 unspecified atom stereocenters. The topological polar surface area (TPSA) is 68.2 Å². The number of rotatable bonds is 6. The average Bonchev–Trinajstić information content (AvgIpc) is 3.14. The van der Waals surface area contributed by atoms with Crippen LogP contribution in [0, 0.1) is 5.92 Å². The number of aryl methyl sites for hydroxylation is 1. The highest BCUT2D eigenvalue weighted by molar-refractivity contribution is 5.67. The maximum atomic E-state index is 11.8. The molecule has 0 spiro atoms. The van der Waals surface area contributed by atoms with Crippen molar-refractivity contribution in [2.45, 2.75) is 58.2 Å². The zero-order chi connectivity index (χ0) is 16.3. The van der Waals surface area contributed by atoms with E-state index in [1.165, 1.54) is 12.8 Å². The lowest BCUT2D eigenvalue weighted by Gasteiger charge is -2.25. The zero-order valence-electron chi connectivity index (χ0n) is 14.2. The van der Waals surface area contributed by atoms with Crippen molar-refractivity contribution in [3.8, 4) is 0 Å². The van der Waals surface area contributed by atoms with Crippen LogP contribution in [0.15, 0.2) is 12.4 Å². The van der Waals surface area contributed by atoms with E-state index in [2.05, 4.69) is 22.5 Å². The lowest BCUT2D eigenvalue weighted by Crippen LogP contribution is -2.45. The molecule has 1 aromatic heterocycles. The summed E-state index contributed by atoms with van der Waals surface area (Å²) in [6, 6.07) is 0.394. The molecule has 1 aliphatic rings. The summed E-state index contributed by atoms with van der Waals surface area (Å²) in [5.41, 5.74) is -0.465. The van der Waals surface area contributed by atoms with Crippen LogP contribution in [0.2, 0.25) is 0 Å². The van der Waals surface area contributed by atoms with Crippen LogP contribution >= 0.6 is 0 Å². The molecule has 22 heavy (non-hydrogen) atoms. The van der Waals surface area contributed by atoms with Crippen molar-refractivity contribution in [1.82, 2.24) is 20.2 Å². The van der Waals surface area contributed by atoms with Gasteiger partial charge in [0.15, 0.2) is 0 Å². The van der Waals surface area contributed by atoms with Crippen LogP contribution < -0.4 is 10.6 Å². The summed E-state index contributed by atoms with van der Waals surface area (Å²) < 4.78 is 7.31. The van der Waals surface area contributed by atoms with E-state index in [0.717, 1.165) is 5.82 Å². The Labute approximate surface area is 132 Å². The highest BCUT2D eigenvalue weighted by atomic mass is 16.6. The normalized spacial score (nSPS) is 17.9. The fourth-order valence-corrected chi connectivity index (χ4v) is 2.56. The van der Waals surface area contributed by atoms with Crippen LogP contribution in [0.4, 0.5) is 4.79 Å². The van der Waals surface area contributed by atoms with Crippen molar-refractivity contribution in [2.75, 3.05) is 6.54 Å². The first kappa shape index (κ1) is 16.8. The standard InChI is InChI=1S/C16H28N4O2/c1-11(14-17-8-9-20(14)5)19-13(12-6-7-12)10-18-15(21)22-16(2,3)4/h8-9,11-13,19H,6-7,10H2,1-5H3,(H,18,21). The van der Waals surface area contributed by atoms with Gasteiger partial charge >= 0.3 is 6.09 Å². The molecular weight excluding hydrogens is 280 g/mol. The molecule has 0 saturated heterocycles. The van der Waals surface area contributed by atoms with Crippen LogP contribution in [-0.4, -0.2) is 33.8 Å². The predicted octanol–water partition coefficient (Wildman–Crippen LogP) is 2.37. The van der Waals surface area contributed by atoms with Crippen molar-refractivity contribution in [1.29, 1.82) is 0 Å². The smallest absolute Gasteiger partial charge is 0.407 e. The molecule has 1 amide bonds. The number of carbonyl (C=O) groups excluding carboxylic acids is 1. The Hall–Kier alpha value is -1.56. The first-order valence-electron chi connectivity index (χ1n) is 7.96. The molecule has 1 aromatic rings. The third-order valence-corrected chi connectivity index (χ3v) is 3.77. The highest BCUT2D eigenvalue weighted by Gasteiger charge is 2.33. The minimum absolute atomic E-state index is 0.144. The Balaban J connectivity index is 1.86. The van der Waals surface area contributed by atoms with Crippen molar-refractivity contribution in [3.63, 3.8) is 0 Å². The average molecular weight is 308 g/mol. The van der Waals surface area contributed by atoms with Gasteiger partial charge in [-0.2, -0.15) is 0 Å². The minimum Gasteiger partial charge on any atom is -0.444 e. The number of hydrogen-bond donors (Lipinski definition) is 2. The molecule has 2 atom stereocenters. The third-order valence-electron chi connectivity index (χ3n) is 3.77. The lowest BCUT2D eigenvalue weighted by molar-refractivity contribution is 0.0520. The van der Waals surface area contributed by atoms with E-state index < -0.39 is 5.60 Å². The summed E-state index contributed by atoms with van der Waals surface area (Å²) in [7, 11) is 1.99. The quantitative estimate of drug-likeness (QED) is 0.846. The van der Waals surface area contributed by atoms with Crippen molar-refractivity contribution >= 4 is 6.09 Å². The lowest BCUT2D eigenvalue weighted by atomic mass is 10.1. The SMILES string of the molecule is CC(NC(CNC(=O)OC(C)(C)C)C1CC1)c1nccn1C. The van der Waals surface area contributed by atoms with Gasteiger partial charge in [0.05, 0.1) is 6.04 Å². The van der Waals surface area contributed by atoms with E-state index in [0.29, 0.717) is 12.5 Å². The molecule has 6 heteroatoms. The highest BCUT2D eigenvalue weighted by Crippen LogP contribution is 2.33. The molecule has 0 bridgehead atoms. The van der Waals surface area contributed by atoms with E-state index in [4.69, 9.17) is 4.74 Å². The summed E-state index contributed by atoms with van der Waals surface area (Å²) in [5, 5.41) is 6.46. The van der Waals surface area contributed by atoms with E-state index in [1.807, 2.05) is 38.6 Å². The number of nitrogens with zero attached hydrogens (tertiary/aromatic N) is 2. The number of alkyl carbamates (subject to hydrolysis) is 1. The second kappa shape index (κ2) is 6.69. The number of carbonyl (C=O) groups is 1. The molecule has 124 valence electrons. The van der Waals surface area contributed by atoms with Crippen LogP contribution in [0.1, 0.15) is 52.4 Å². The van der Waals surface area contributed by atoms with Gasteiger partial charge in [-0.15, -0.1) is 0 Å². The Morgan fingerprint density at radius 2 is 2.18 bits per heavy atom. The fraction of sp³-hybridized carbons (Fsp3) is 0.750. The van der Waals surface area contributed by atoms with Gasteiger partial charge in [-0.1, -0.05) is 0 Å². The van der Waals surface area contributed by atoms with Crippen LogP contribution in [-0.2, 0) is 11.8 Å². The maximum Gasteiger partial charge on any atom is 0.407 e. The minimum atomic E-state index is -0.465.